The Bertz CT molecular complexity index is 947. The molecular weight excluding hydrogens is 430 g/mol. The number of hydrogen-bond donors (Lipinski definition) is 1. The zero-order valence-corrected chi connectivity index (χ0v) is 20.9. The lowest BCUT2D eigenvalue weighted by Gasteiger charge is -2.43. The average Bonchev–Trinajstić information content (AvgIpc) is 2.79. The number of hydrogen-bond acceptors (Lipinski definition) is 5. The van der Waals surface area contributed by atoms with Crippen molar-refractivity contribution < 1.29 is 24.1 Å². The first-order valence-corrected chi connectivity index (χ1v) is 11.9. The molecule has 1 N–H and O–H groups in total. The molecule has 1 saturated heterocycles. The van der Waals surface area contributed by atoms with E-state index in [1.165, 1.54) is 5.56 Å². The van der Waals surface area contributed by atoms with E-state index in [1.807, 2.05) is 56.5 Å². The zero-order valence-electron chi connectivity index (χ0n) is 20.9. The van der Waals surface area contributed by atoms with Gasteiger partial charge in [0.05, 0.1) is 12.7 Å². The second-order valence-electron chi connectivity index (χ2n) is 10.4. The molecule has 0 radical (unpaired) electrons. The van der Waals surface area contributed by atoms with Crippen molar-refractivity contribution >= 4 is 5.97 Å². The summed E-state index contributed by atoms with van der Waals surface area (Å²) in [5.41, 5.74) is 1.60. The van der Waals surface area contributed by atoms with Crippen molar-refractivity contribution in [3.63, 3.8) is 0 Å². The molecule has 2 aromatic rings. The van der Waals surface area contributed by atoms with E-state index >= 15 is 0 Å². The van der Waals surface area contributed by atoms with Gasteiger partial charge in [-0.05, 0) is 61.4 Å². The van der Waals surface area contributed by atoms with Crippen LogP contribution in [-0.2, 0) is 19.7 Å². The minimum absolute atomic E-state index is 0.0810. The van der Waals surface area contributed by atoms with Crippen LogP contribution in [0.1, 0.15) is 71.1 Å². The van der Waals surface area contributed by atoms with Crippen LogP contribution in [0.4, 0.5) is 0 Å². The van der Waals surface area contributed by atoms with Crippen LogP contribution in [-0.4, -0.2) is 34.6 Å². The van der Waals surface area contributed by atoms with Gasteiger partial charge in [0.25, 0.3) is 0 Å². The van der Waals surface area contributed by atoms with Crippen LogP contribution in [0.5, 0.6) is 5.75 Å². The second-order valence-corrected chi connectivity index (χ2v) is 10.4. The van der Waals surface area contributed by atoms with E-state index in [9.17, 15) is 4.79 Å². The third-order valence-electron chi connectivity index (χ3n) is 5.97. The summed E-state index contributed by atoms with van der Waals surface area (Å²) >= 11 is 0. The predicted molar refractivity (Wildman–Crippen MR) is 132 cm³/mol. The molecule has 0 unspecified atom stereocenters. The number of benzene rings is 1. The van der Waals surface area contributed by atoms with Crippen LogP contribution in [0, 0.1) is 5.92 Å². The fourth-order valence-electron chi connectivity index (χ4n) is 4.00. The summed E-state index contributed by atoms with van der Waals surface area (Å²) < 4.78 is 19.0. The molecule has 3 atom stereocenters. The Morgan fingerprint density at radius 2 is 1.88 bits per heavy atom. The van der Waals surface area contributed by atoms with Gasteiger partial charge in [-0.3, -0.25) is 9.78 Å². The van der Waals surface area contributed by atoms with Gasteiger partial charge in [0.2, 0.25) is 0 Å². The minimum atomic E-state index is -0.791. The van der Waals surface area contributed by atoms with Crippen molar-refractivity contribution in [3.05, 3.63) is 72.1 Å². The summed E-state index contributed by atoms with van der Waals surface area (Å²) in [6.45, 7) is 11.0. The van der Waals surface area contributed by atoms with Crippen molar-refractivity contribution in [2.75, 3.05) is 6.61 Å². The molecule has 1 aromatic carbocycles. The summed E-state index contributed by atoms with van der Waals surface area (Å²) in [5.74, 6) is 0.0651. The lowest BCUT2D eigenvalue weighted by atomic mass is 9.87. The van der Waals surface area contributed by atoms with E-state index in [2.05, 4.69) is 37.9 Å². The highest BCUT2D eigenvalue weighted by Crippen LogP contribution is 2.38. The van der Waals surface area contributed by atoms with Gasteiger partial charge in [-0.15, -0.1) is 0 Å². The molecule has 3 rings (SSSR count). The molecule has 184 valence electrons. The fourth-order valence-corrected chi connectivity index (χ4v) is 4.00. The Labute approximate surface area is 203 Å². The maximum absolute atomic E-state index is 10.7. The molecule has 0 aliphatic carbocycles. The molecular formula is C28H37NO5. The van der Waals surface area contributed by atoms with Crippen molar-refractivity contribution in [2.24, 2.45) is 5.92 Å². The number of carboxylic acid groups (broad SMARTS) is 1. The van der Waals surface area contributed by atoms with Crippen LogP contribution in [0.3, 0.4) is 0 Å². The lowest BCUT2D eigenvalue weighted by Crippen LogP contribution is -2.50. The predicted octanol–water partition coefficient (Wildman–Crippen LogP) is 6.08. The molecule has 1 aromatic heterocycles. The first-order chi connectivity index (χ1) is 16.1. The quantitative estimate of drug-likeness (QED) is 0.451. The fraction of sp³-hybridized carbons (Fsp3) is 0.500. The Morgan fingerprint density at radius 3 is 2.50 bits per heavy atom. The number of nitrogens with zero attached hydrogens (tertiary/aromatic N) is 1. The molecule has 0 saturated carbocycles. The SMILES string of the molecule is CC(C)(C)c1ccc(OC(C)(C)[C@@H]2OC[C@H](C/C=C\CCC(=O)O)[C@H](c3cccnc3)O2)cc1. The number of ether oxygens (including phenoxy) is 3. The highest BCUT2D eigenvalue weighted by Gasteiger charge is 2.42. The van der Waals surface area contributed by atoms with Gasteiger partial charge < -0.3 is 19.3 Å². The van der Waals surface area contributed by atoms with Gasteiger partial charge in [0, 0.05) is 24.7 Å². The van der Waals surface area contributed by atoms with Crippen LogP contribution in [0.15, 0.2) is 60.9 Å². The topological polar surface area (TPSA) is 77.9 Å². The maximum atomic E-state index is 10.7. The first-order valence-electron chi connectivity index (χ1n) is 11.9. The third-order valence-corrected chi connectivity index (χ3v) is 5.97. The number of aliphatic carboxylic acids is 1. The summed E-state index contributed by atoms with van der Waals surface area (Å²) in [6.07, 6.45) is 8.10. The molecule has 6 heteroatoms. The Hall–Kier alpha value is -2.70. The molecule has 0 spiro atoms. The van der Waals surface area contributed by atoms with Gasteiger partial charge in [-0.2, -0.15) is 0 Å². The summed E-state index contributed by atoms with van der Waals surface area (Å²) in [5, 5.41) is 8.82. The highest BCUT2D eigenvalue weighted by molar-refractivity contribution is 5.66. The van der Waals surface area contributed by atoms with Gasteiger partial charge >= 0.3 is 5.97 Å². The summed E-state index contributed by atoms with van der Waals surface area (Å²) in [4.78, 5) is 15.0. The monoisotopic (exact) mass is 467 g/mol. The number of pyridine rings is 1. The van der Waals surface area contributed by atoms with Crippen LogP contribution < -0.4 is 4.74 Å². The molecule has 2 heterocycles. The molecule has 0 amide bonds. The lowest BCUT2D eigenvalue weighted by molar-refractivity contribution is -0.288. The van der Waals surface area contributed by atoms with Crippen LogP contribution >= 0.6 is 0 Å². The Kier molecular flexibility index (Phi) is 8.50. The second kappa shape index (κ2) is 11.2. The van der Waals surface area contributed by atoms with E-state index in [4.69, 9.17) is 19.3 Å². The number of rotatable bonds is 9. The minimum Gasteiger partial charge on any atom is -0.483 e. The zero-order chi connectivity index (χ0) is 24.8. The van der Waals surface area contributed by atoms with E-state index in [1.54, 1.807) is 6.20 Å². The summed E-state index contributed by atoms with van der Waals surface area (Å²) in [7, 11) is 0. The smallest absolute Gasteiger partial charge is 0.303 e. The van der Waals surface area contributed by atoms with Gasteiger partial charge in [-0.25, -0.2) is 0 Å². The summed E-state index contributed by atoms with van der Waals surface area (Å²) in [6, 6.07) is 12.1. The molecule has 1 aliphatic heterocycles. The van der Waals surface area contributed by atoms with E-state index < -0.39 is 17.9 Å². The average molecular weight is 468 g/mol. The van der Waals surface area contributed by atoms with Gasteiger partial charge in [0.15, 0.2) is 11.9 Å². The van der Waals surface area contributed by atoms with Crippen molar-refractivity contribution in [2.45, 2.75) is 77.3 Å². The van der Waals surface area contributed by atoms with E-state index in [0.717, 1.165) is 17.7 Å². The third kappa shape index (κ3) is 7.15. The standard InChI is InChI=1S/C28H37NO5/c1-27(2,3)22-13-15-23(16-14-22)34-28(4,5)26-32-19-21(10-7-6-8-12-24(30)31)25(33-26)20-11-9-17-29-18-20/h6-7,9,11,13-18,21,25-26H,8,10,12,19H2,1-5H3,(H,30,31)/b7-6-/t21-,25-,26+/m0/s1. The molecule has 1 fully saturated rings. The number of allylic oxidation sites excluding steroid dienone is 2. The van der Waals surface area contributed by atoms with Crippen molar-refractivity contribution in [3.8, 4) is 5.75 Å². The van der Waals surface area contributed by atoms with Crippen LogP contribution in [0.2, 0.25) is 0 Å². The number of carboxylic acids is 1. The van der Waals surface area contributed by atoms with E-state index in [0.29, 0.717) is 13.0 Å². The molecule has 1 aliphatic rings. The molecule has 0 bridgehead atoms. The molecule has 6 nitrogen and oxygen atoms in total. The first kappa shape index (κ1) is 25.9. The van der Waals surface area contributed by atoms with Gasteiger partial charge in [0.1, 0.15) is 5.75 Å². The number of aromatic nitrogens is 1. The molecule has 34 heavy (non-hydrogen) atoms. The van der Waals surface area contributed by atoms with Crippen molar-refractivity contribution in [1.29, 1.82) is 0 Å². The Morgan fingerprint density at radius 1 is 1.15 bits per heavy atom. The number of carbonyl (C=O) groups is 1. The van der Waals surface area contributed by atoms with Crippen molar-refractivity contribution in [1.82, 2.24) is 4.98 Å². The maximum Gasteiger partial charge on any atom is 0.303 e. The largest absolute Gasteiger partial charge is 0.483 e. The van der Waals surface area contributed by atoms with Crippen LogP contribution in [0.25, 0.3) is 0 Å². The van der Waals surface area contributed by atoms with Gasteiger partial charge in [-0.1, -0.05) is 51.1 Å². The van der Waals surface area contributed by atoms with E-state index in [-0.39, 0.29) is 23.9 Å². The highest BCUT2D eigenvalue weighted by atomic mass is 16.7. The normalized spacial score (nSPS) is 21.5. The Balaban J connectivity index is 1.70.